The molecule has 0 aromatic heterocycles. The molecule has 0 atom stereocenters. The van der Waals surface area contributed by atoms with Crippen LogP contribution < -0.4 is 0 Å². The molecule has 0 fully saturated rings. The lowest BCUT2D eigenvalue weighted by molar-refractivity contribution is 0.0448. The standard InChI is InChI=1S/C48H88N2O4/c1-5-9-13-17-21-27-37-49(38-28-22-18-14-10-6-2)41-31-33-43-53-47(51)45-35-25-26-36-46(45)48(52)54-44-34-32-42-50(39-29-23-19-15-11-7-3)40-30-24-20-16-12-8-4/h25-26,35-36H,5-24,27-34,37-44H2,1-4H3. The van der Waals surface area contributed by atoms with Crippen LogP contribution in [0.5, 0.6) is 0 Å². The third kappa shape index (κ3) is 28.5. The molecule has 314 valence electrons. The number of carbonyl (C=O) groups is 2. The Hall–Kier alpha value is -1.92. The summed E-state index contributed by atoms with van der Waals surface area (Å²) in [6.07, 6.45) is 35.5. The van der Waals surface area contributed by atoms with Crippen molar-refractivity contribution < 1.29 is 19.1 Å². The van der Waals surface area contributed by atoms with Gasteiger partial charge in [0.1, 0.15) is 0 Å². The van der Waals surface area contributed by atoms with Gasteiger partial charge in [-0.05, 0) is 103 Å². The molecule has 0 aliphatic rings. The molecule has 0 heterocycles. The predicted molar refractivity (Wildman–Crippen MR) is 232 cm³/mol. The van der Waals surface area contributed by atoms with Crippen molar-refractivity contribution in [2.45, 2.75) is 207 Å². The molecule has 54 heavy (non-hydrogen) atoms. The average Bonchev–Trinajstić information content (AvgIpc) is 3.18. The van der Waals surface area contributed by atoms with E-state index < -0.39 is 11.9 Å². The Morgan fingerprint density at radius 3 is 0.889 bits per heavy atom. The summed E-state index contributed by atoms with van der Waals surface area (Å²) in [6, 6.07) is 6.95. The Kier molecular flexibility index (Phi) is 35.2. The van der Waals surface area contributed by atoms with Crippen LogP contribution in [0.25, 0.3) is 0 Å². The van der Waals surface area contributed by atoms with Crippen molar-refractivity contribution in [2.24, 2.45) is 0 Å². The van der Waals surface area contributed by atoms with E-state index >= 15 is 0 Å². The lowest BCUT2D eigenvalue weighted by Crippen LogP contribution is -2.27. The molecule has 0 bridgehead atoms. The minimum absolute atomic E-state index is 0.305. The molecule has 0 N–H and O–H groups in total. The molecule has 6 nitrogen and oxygen atoms in total. The minimum atomic E-state index is -0.432. The van der Waals surface area contributed by atoms with Crippen molar-refractivity contribution in [3.63, 3.8) is 0 Å². The topological polar surface area (TPSA) is 59.1 Å². The summed E-state index contributed by atoms with van der Waals surface area (Å²) >= 11 is 0. The minimum Gasteiger partial charge on any atom is -0.462 e. The first kappa shape index (κ1) is 50.1. The number of unbranched alkanes of at least 4 members (excludes halogenated alkanes) is 22. The molecular formula is C48H88N2O4. The highest BCUT2D eigenvalue weighted by Gasteiger charge is 2.19. The molecule has 1 rings (SSSR count). The highest BCUT2D eigenvalue weighted by atomic mass is 16.5. The van der Waals surface area contributed by atoms with Crippen LogP contribution in [-0.4, -0.2) is 74.2 Å². The van der Waals surface area contributed by atoms with Crippen molar-refractivity contribution in [2.75, 3.05) is 52.5 Å². The SMILES string of the molecule is CCCCCCCCN(CCCCCCCC)CCCCOC(=O)c1ccccc1C(=O)OCCCCN(CCCCCCCC)CCCCCCCC. The average molecular weight is 757 g/mol. The quantitative estimate of drug-likeness (QED) is 0.0491. The smallest absolute Gasteiger partial charge is 0.339 e. The number of ether oxygens (including phenoxy) is 2. The number of esters is 2. The predicted octanol–water partition coefficient (Wildman–Crippen LogP) is 13.6. The zero-order chi connectivity index (χ0) is 39.2. The molecule has 0 spiro atoms. The van der Waals surface area contributed by atoms with Crippen LogP contribution in [0.1, 0.15) is 228 Å². The van der Waals surface area contributed by atoms with E-state index in [2.05, 4.69) is 37.5 Å². The second kappa shape index (κ2) is 38.0. The van der Waals surface area contributed by atoms with Gasteiger partial charge >= 0.3 is 11.9 Å². The van der Waals surface area contributed by atoms with E-state index in [9.17, 15) is 9.59 Å². The summed E-state index contributed by atoms with van der Waals surface area (Å²) in [5.41, 5.74) is 0.610. The molecule has 0 radical (unpaired) electrons. The van der Waals surface area contributed by atoms with E-state index in [1.165, 1.54) is 180 Å². The fraction of sp³-hybridized carbons (Fsp3) is 0.833. The zero-order valence-electron chi connectivity index (χ0n) is 36.3. The Labute approximate surface area is 335 Å². The van der Waals surface area contributed by atoms with Crippen molar-refractivity contribution in [1.29, 1.82) is 0 Å². The number of benzene rings is 1. The summed E-state index contributed by atoms with van der Waals surface area (Å²) in [4.78, 5) is 31.5. The molecule has 0 unspecified atom stereocenters. The molecule has 1 aromatic rings. The van der Waals surface area contributed by atoms with Gasteiger partial charge in [0.15, 0.2) is 0 Å². The van der Waals surface area contributed by atoms with E-state index in [4.69, 9.17) is 9.47 Å². The van der Waals surface area contributed by atoms with Crippen LogP contribution in [0.3, 0.4) is 0 Å². The third-order valence-electron chi connectivity index (χ3n) is 10.9. The second-order valence-corrected chi connectivity index (χ2v) is 16.0. The van der Waals surface area contributed by atoms with Crippen LogP contribution in [0.15, 0.2) is 24.3 Å². The summed E-state index contributed by atoms with van der Waals surface area (Å²) < 4.78 is 11.4. The summed E-state index contributed by atoms with van der Waals surface area (Å²) in [5, 5.41) is 0. The number of carbonyl (C=O) groups excluding carboxylic acids is 2. The molecule has 1 aromatic carbocycles. The largest absolute Gasteiger partial charge is 0.462 e. The number of hydrogen-bond donors (Lipinski definition) is 0. The Morgan fingerprint density at radius 1 is 0.370 bits per heavy atom. The molecule has 0 aliphatic carbocycles. The van der Waals surface area contributed by atoms with E-state index in [1.807, 2.05) is 0 Å². The van der Waals surface area contributed by atoms with Gasteiger partial charge in [-0.15, -0.1) is 0 Å². The summed E-state index contributed by atoms with van der Waals surface area (Å²) in [5.74, 6) is -0.864. The monoisotopic (exact) mass is 757 g/mol. The van der Waals surface area contributed by atoms with Gasteiger partial charge in [0.05, 0.1) is 24.3 Å². The zero-order valence-corrected chi connectivity index (χ0v) is 36.3. The summed E-state index contributed by atoms with van der Waals surface area (Å²) in [7, 11) is 0. The highest BCUT2D eigenvalue weighted by Crippen LogP contribution is 2.15. The van der Waals surface area contributed by atoms with Gasteiger partial charge in [0.2, 0.25) is 0 Å². The van der Waals surface area contributed by atoms with Gasteiger partial charge in [0, 0.05) is 0 Å². The number of hydrogen-bond acceptors (Lipinski definition) is 6. The first-order valence-electron chi connectivity index (χ1n) is 23.4. The fourth-order valence-electron chi connectivity index (χ4n) is 7.33. The van der Waals surface area contributed by atoms with Crippen molar-refractivity contribution in [1.82, 2.24) is 9.80 Å². The van der Waals surface area contributed by atoms with Gasteiger partial charge in [-0.2, -0.15) is 0 Å². The van der Waals surface area contributed by atoms with E-state index in [1.54, 1.807) is 24.3 Å². The van der Waals surface area contributed by atoms with E-state index in [0.29, 0.717) is 24.3 Å². The van der Waals surface area contributed by atoms with Gasteiger partial charge in [-0.3, -0.25) is 0 Å². The van der Waals surface area contributed by atoms with E-state index in [0.717, 1.165) is 38.8 Å². The molecule has 0 aliphatic heterocycles. The summed E-state index contributed by atoms with van der Waals surface area (Å²) in [6.45, 7) is 16.7. The molecule has 0 saturated heterocycles. The van der Waals surface area contributed by atoms with Crippen LogP contribution in [0, 0.1) is 0 Å². The first-order valence-corrected chi connectivity index (χ1v) is 23.4. The first-order chi connectivity index (χ1) is 26.6. The molecular weight excluding hydrogens is 669 g/mol. The highest BCUT2D eigenvalue weighted by molar-refractivity contribution is 6.03. The molecule has 6 heteroatoms. The third-order valence-corrected chi connectivity index (χ3v) is 10.9. The van der Waals surface area contributed by atoms with Gasteiger partial charge in [-0.1, -0.05) is 168 Å². The Morgan fingerprint density at radius 2 is 0.611 bits per heavy atom. The maximum Gasteiger partial charge on any atom is 0.339 e. The fourth-order valence-corrected chi connectivity index (χ4v) is 7.33. The van der Waals surface area contributed by atoms with Gasteiger partial charge < -0.3 is 19.3 Å². The van der Waals surface area contributed by atoms with Crippen molar-refractivity contribution in [3.8, 4) is 0 Å². The molecule has 0 saturated carbocycles. The van der Waals surface area contributed by atoms with Crippen LogP contribution >= 0.6 is 0 Å². The van der Waals surface area contributed by atoms with Crippen molar-refractivity contribution in [3.05, 3.63) is 35.4 Å². The Balaban J connectivity index is 2.47. The second-order valence-electron chi connectivity index (χ2n) is 16.0. The molecule has 0 amide bonds. The van der Waals surface area contributed by atoms with Gasteiger partial charge in [-0.25, -0.2) is 9.59 Å². The van der Waals surface area contributed by atoms with Crippen LogP contribution in [-0.2, 0) is 9.47 Å². The van der Waals surface area contributed by atoms with Gasteiger partial charge in [0.25, 0.3) is 0 Å². The lowest BCUT2D eigenvalue weighted by Gasteiger charge is -2.22. The maximum absolute atomic E-state index is 13.1. The Bertz CT molecular complexity index is 876. The maximum atomic E-state index is 13.1. The number of rotatable bonds is 40. The van der Waals surface area contributed by atoms with E-state index in [-0.39, 0.29) is 0 Å². The van der Waals surface area contributed by atoms with Crippen LogP contribution in [0.2, 0.25) is 0 Å². The lowest BCUT2D eigenvalue weighted by atomic mass is 10.1. The van der Waals surface area contributed by atoms with Crippen molar-refractivity contribution >= 4 is 11.9 Å². The number of nitrogens with zero attached hydrogens (tertiary/aromatic N) is 2. The normalized spacial score (nSPS) is 11.5. The van der Waals surface area contributed by atoms with Crippen LogP contribution in [0.4, 0.5) is 0 Å².